The highest BCUT2D eigenvalue weighted by Crippen LogP contribution is 2.35. The molecule has 0 aliphatic carbocycles. The lowest BCUT2D eigenvalue weighted by Crippen LogP contribution is -2.49. The summed E-state index contributed by atoms with van der Waals surface area (Å²) < 4.78 is 22.7. The molecule has 1 aromatic carbocycles. The third-order valence-electron chi connectivity index (χ3n) is 5.38. The standard InChI is InChI=1S/C24H26N2O6S2/c1-15-11-25(12-16(2)32-15)22(27)14-31-19-7-6-17(9-20(19)29-3)10-21-23(28)26(24(33)34-21)13-18-5-4-8-30-18/h4-10,15-16H,11-14H2,1-3H3/b21-10-. The number of thioether (sulfide) groups is 1. The highest BCUT2D eigenvalue weighted by Gasteiger charge is 2.32. The van der Waals surface area contributed by atoms with Gasteiger partial charge in [0.25, 0.3) is 11.8 Å². The highest BCUT2D eigenvalue weighted by atomic mass is 32.2. The van der Waals surface area contributed by atoms with Crippen molar-refractivity contribution in [3.05, 3.63) is 52.8 Å². The van der Waals surface area contributed by atoms with Crippen LogP contribution in [0.3, 0.4) is 0 Å². The van der Waals surface area contributed by atoms with Crippen LogP contribution in [-0.4, -0.2) is 64.9 Å². The minimum atomic E-state index is -0.176. The first-order valence-corrected chi connectivity index (χ1v) is 12.1. The molecule has 8 nitrogen and oxygen atoms in total. The number of ether oxygens (including phenoxy) is 3. The second kappa shape index (κ2) is 10.6. The van der Waals surface area contributed by atoms with Gasteiger partial charge in [0, 0.05) is 13.1 Å². The molecule has 2 unspecified atom stereocenters. The first-order valence-electron chi connectivity index (χ1n) is 10.9. The molecule has 4 rings (SSSR count). The summed E-state index contributed by atoms with van der Waals surface area (Å²) in [5.74, 6) is 1.30. The maximum absolute atomic E-state index is 12.8. The molecule has 2 saturated heterocycles. The number of methoxy groups -OCH3 is 1. The summed E-state index contributed by atoms with van der Waals surface area (Å²) in [6.45, 7) is 5.18. The lowest BCUT2D eigenvalue weighted by molar-refractivity contribution is -0.145. The van der Waals surface area contributed by atoms with Crippen LogP contribution in [0.25, 0.3) is 6.08 Å². The summed E-state index contributed by atoms with van der Waals surface area (Å²) in [6, 6.07) is 8.87. The monoisotopic (exact) mass is 502 g/mol. The number of carbonyl (C=O) groups is 2. The molecule has 10 heteroatoms. The van der Waals surface area contributed by atoms with Gasteiger partial charge in [-0.2, -0.15) is 0 Å². The third kappa shape index (κ3) is 5.63. The highest BCUT2D eigenvalue weighted by molar-refractivity contribution is 8.26. The zero-order valence-corrected chi connectivity index (χ0v) is 20.8. The predicted molar refractivity (Wildman–Crippen MR) is 133 cm³/mol. The minimum Gasteiger partial charge on any atom is -0.493 e. The average molecular weight is 503 g/mol. The van der Waals surface area contributed by atoms with Gasteiger partial charge in [-0.15, -0.1) is 0 Å². The smallest absolute Gasteiger partial charge is 0.266 e. The van der Waals surface area contributed by atoms with Crippen LogP contribution in [-0.2, 0) is 20.9 Å². The Labute approximate surface area is 207 Å². The second-order valence-corrected chi connectivity index (χ2v) is 9.78. The van der Waals surface area contributed by atoms with Crippen LogP contribution < -0.4 is 9.47 Å². The zero-order chi connectivity index (χ0) is 24.2. The summed E-state index contributed by atoms with van der Waals surface area (Å²) in [6.07, 6.45) is 3.31. The zero-order valence-electron chi connectivity index (χ0n) is 19.2. The Bertz CT molecular complexity index is 1090. The van der Waals surface area contributed by atoms with Gasteiger partial charge in [-0.05, 0) is 49.8 Å². The SMILES string of the molecule is COc1cc(/C=C2\SC(=S)N(Cc3ccco3)C2=O)ccc1OCC(=O)N1CC(C)OC(C)C1. The Kier molecular flexibility index (Phi) is 7.60. The van der Waals surface area contributed by atoms with E-state index in [0.29, 0.717) is 46.1 Å². The molecule has 180 valence electrons. The van der Waals surface area contributed by atoms with Crippen LogP contribution in [0.15, 0.2) is 45.9 Å². The van der Waals surface area contributed by atoms with E-state index in [4.69, 9.17) is 30.8 Å². The minimum absolute atomic E-state index is 0.00591. The predicted octanol–water partition coefficient (Wildman–Crippen LogP) is 3.70. The molecule has 3 heterocycles. The fraction of sp³-hybridized carbons (Fsp3) is 0.375. The Morgan fingerprint density at radius 3 is 2.68 bits per heavy atom. The van der Waals surface area contributed by atoms with Crippen molar-refractivity contribution in [1.82, 2.24) is 9.80 Å². The number of amides is 2. The van der Waals surface area contributed by atoms with Crippen LogP contribution in [0.4, 0.5) is 0 Å². The van der Waals surface area contributed by atoms with Gasteiger partial charge in [0.1, 0.15) is 10.1 Å². The van der Waals surface area contributed by atoms with Crippen molar-refractivity contribution >= 4 is 46.2 Å². The molecule has 34 heavy (non-hydrogen) atoms. The normalized spacial score (nSPS) is 21.9. The topological polar surface area (TPSA) is 81.4 Å². The number of furan rings is 1. The Morgan fingerprint density at radius 2 is 2.00 bits per heavy atom. The largest absolute Gasteiger partial charge is 0.493 e. The van der Waals surface area contributed by atoms with Crippen molar-refractivity contribution in [1.29, 1.82) is 0 Å². The number of hydrogen-bond donors (Lipinski definition) is 0. The van der Waals surface area contributed by atoms with E-state index >= 15 is 0 Å². The number of nitrogens with zero attached hydrogens (tertiary/aromatic N) is 2. The number of rotatable bonds is 7. The van der Waals surface area contributed by atoms with Crippen molar-refractivity contribution in [3.8, 4) is 11.5 Å². The number of benzene rings is 1. The summed E-state index contributed by atoms with van der Waals surface area (Å²) in [4.78, 5) is 29.2. The van der Waals surface area contributed by atoms with Gasteiger partial charge < -0.3 is 23.5 Å². The molecular formula is C24H26N2O6S2. The van der Waals surface area contributed by atoms with E-state index in [-0.39, 0.29) is 30.6 Å². The van der Waals surface area contributed by atoms with Crippen molar-refractivity contribution in [2.45, 2.75) is 32.6 Å². The van der Waals surface area contributed by atoms with E-state index in [1.165, 1.54) is 23.8 Å². The Hall–Kier alpha value is -2.82. The van der Waals surface area contributed by atoms with E-state index in [9.17, 15) is 9.59 Å². The van der Waals surface area contributed by atoms with Crippen LogP contribution in [0.5, 0.6) is 11.5 Å². The fourth-order valence-electron chi connectivity index (χ4n) is 3.85. The van der Waals surface area contributed by atoms with E-state index < -0.39 is 0 Å². The summed E-state index contributed by atoms with van der Waals surface area (Å²) in [5, 5.41) is 0. The molecular weight excluding hydrogens is 476 g/mol. The molecule has 0 spiro atoms. The van der Waals surface area contributed by atoms with E-state index in [1.54, 1.807) is 47.6 Å². The molecule has 2 amide bonds. The second-order valence-electron chi connectivity index (χ2n) is 8.10. The average Bonchev–Trinajstić information content (AvgIpc) is 3.41. The van der Waals surface area contributed by atoms with E-state index in [0.717, 1.165) is 5.56 Å². The lowest BCUT2D eigenvalue weighted by Gasteiger charge is -2.35. The van der Waals surface area contributed by atoms with Crippen molar-refractivity contribution < 1.29 is 28.2 Å². The van der Waals surface area contributed by atoms with Gasteiger partial charge in [-0.3, -0.25) is 14.5 Å². The molecule has 2 aromatic rings. The van der Waals surface area contributed by atoms with Gasteiger partial charge in [-0.1, -0.05) is 30.0 Å². The molecule has 2 aliphatic heterocycles. The Morgan fingerprint density at radius 1 is 1.24 bits per heavy atom. The van der Waals surface area contributed by atoms with Gasteiger partial charge in [0.2, 0.25) is 0 Å². The first-order chi connectivity index (χ1) is 16.3. The lowest BCUT2D eigenvalue weighted by atomic mass is 10.2. The maximum atomic E-state index is 12.8. The van der Waals surface area contributed by atoms with Gasteiger partial charge in [-0.25, -0.2) is 0 Å². The summed E-state index contributed by atoms with van der Waals surface area (Å²) in [5.41, 5.74) is 0.754. The quantitative estimate of drug-likeness (QED) is 0.419. The summed E-state index contributed by atoms with van der Waals surface area (Å²) >= 11 is 6.62. The number of morpholine rings is 1. The van der Waals surface area contributed by atoms with Crippen molar-refractivity contribution in [2.75, 3.05) is 26.8 Å². The molecule has 2 atom stereocenters. The van der Waals surface area contributed by atoms with Gasteiger partial charge >= 0.3 is 0 Å². The molecule has 1 aromatic heterocycles. The fourth-order valence-corrected chi connectivity index (χ4v) is 5.11. The van der Waals surface area contributed by atoms with Crippen LogP contribution >= 0.6 is 24.0 Å². The molecule has 0 saturated carbocycles. The van der Waals surface area contributed by atoms with E-state index in [2.05, 4.69) is 0 Å². The molecule has 0 radical (unpaired) electrons. The van der Waals surface area contributed by atoms with Gasteiger partial charge in [0.05, 0.1) is 37.0 Å². The summed E-state index contributed by atoms with van der Waals surface area (Å²) in [7, 11) is 1.53. The van der Waals surface area contributed by atoms with Gasteiger partial charge in [0.15, 0.2) is 18.1 Å². The maximum Gasteiger partial charge on any atom is 0.266 e. The molecule has 2 aliphatic rings. The van der Waals surface area contributed by atoms with Crippen molar-refractivity contribution in [2.24, 2.45) is 0 Å². The molecule has 2 fully saturated rings. The number of hydrogen-bond acceptors (Lipinski definition) is 8. The van der Waals surface area contributed by atoms with Crippen molar-refractivity contribution in [3.63, 3.8) is 0 Å². The first kappa shape index (κ1) is 24.3. The third-order valence-corrected chi connectivity index (χ3v) is 6.75. The molecule has 0 N–H and O–H groups in total. The van der Waals surface area contributed by atoms with Crippen LogP contribution in [0.2, 0.25) is 0 Å². The molecule has 0 bridgehead atoms. The Balaban J connectivity index is 1.42. The number of carbonyl (C=O) groups excluding carboxylic acids is 2. The number of thiocarbonyl (C=S) groups is 1. The van der Waals surface area contributed by atoms with E-state index in [1.807, 2.05) is 13.8 Å². The van der Waals surface area contributed by atoms with Crippen LogP contribution in [0, 0.1) is 0 Å². The van der Waals surface area contributed by atoms with Crippen LogP contribution in [0.1, 0.15) is 25.2 Å².